The number of fused-ring (bicyclic) bond motifs is 1. The van der Waals surface area contributed by atoms with E-state index in [4.69, 9.17) is 0 Å². The van der Waals surface area contributed by atoms with Crippen LogP contribution in [0.3, 0.4) is 0 Å². The first-order chi connectivity index (χ1) is 9.16. The summed E-state index contributed by atoms with van der Waals surface area (Å²) >= 11 is 0. The van der Waals surface area contributed by atoms with Gasteiger partial charge in [0.2, 0.25) is 0 Å². The Balaban J connectivity index is 1.96. The topological polar surface area (TPSA) is 23.5 Å². The van der Waals surface area contributed by atoms with E-state index in [1.54, 1.807) is 6.92 Å². The molecule has 1 aliphatic heterocycles. The number of halogens is 1. The molecule has 1 saturated heterocycles. The van der Waals surface area contributed by atoms with Gasteiger partial charge >= 0.3 is 0 Å². The van der Waals surface area contributed by atoms with Crippen LogP contribution in [0.15, 0.2) is 18.2 Å². The summed E-state index contributed by atoms with van der Waals surface area (Å²) in [5, 5.41) is 9.91. The van der Waals surface area contributed by atoms with Crippen molar-refractivity contribution in [3.8, 4) is 0 Å². The molecule has 1 aliphatic carbocycles. The van der Waals surface area contributed by atoms with Crippen molar-refractivity contribution in [1.82, 2.24) is 0 Å². The van der Waals surface area contributed by atoms with Gasteiger partial charge in [0, 0.05) is 23.8 Å². The smallest absolute Gasteiger partial charge is 0.123 e. The normalized spacial score (nSPS) is 28.3. The number of hydrogen-bond acceptors (Lipinski definition) is 2. The van der Waals surface area contributed by atoms with Crippen molar-refractivity contribution in [2.75, 3.05) is 11.4 Å². The Kier molecular flexibility index (Phi) is 3.48. The monoisotopic (exact) mass is 263 g/mol. The zero-order valence-electron chi connectivity index (χ0n) is 11.5. The van der Waals surface area contributed by atoms with E-state index in [9.17, 15) is 9.50 Å². The molecule has 1 aromatic rings. The molecule has 2 aliphatic rings. The van der Waals surface area contributed by atoms with Gasteiger partial charge < -0.3 is 10.0 Å². The first-order valence-electron chi connectivity index (χ1n) is 7.41. The summed E-state index contributed by atoms with van der Waals surface area (Å²) in [5.74, 6) is 0.528. The van der Waals surface area contributed by atoms with Crippen molar-refractivity contribution in [1.29, 1.82) is 0 Å². The summed E-state index contributed by atoms with van der Waals surface area (Å²) in [5.41, 5.74) is 1.76. The third kappa shape index (κ3) is 2.36. The molecule has 0 amide bonds. The molecule has 3 rings (SSSR count). The van der Waals surface area contributed by atoms with Gasteiger partial charge in [-0.05, 0) is 56.7 Å². The van der Waals surface area contributed by atoms with Crippen LogP contribution in [0.25, 0.3) is 0 Å². The number of hydrogen-bond donors (Lipinski definition) is 1. The lowest BCUT2D eigenvalue weighted by atomic mass is 9.90. The minimum absolute atomic E-state index is 0.264. The predicted molar refractivity (Wildman–Crippen MR) is 74.7 cm³/mol. The lowest BCUT2D eigenvalue weighted by Crippen LogP contribution is -2.43. The molecule has 0 bridgehead atoms. The van der Waals surface area contributed by atoms with Gasteiger partial charge in [-0.1, -0.05) is 6.42 Å². The van der Waals surface area contributed by atoms with E-state index < -0.39 is 6.10 Å². The van der Waals surface area contributed by atoms with Gasteiger partial charge in [0.1, 0.15) is 5.82 Å². The van der Waals surface area contributed by atoms with Gasteiger partial charge in [0.25, 0.3) is 0 Å². The zero-order chi connectivity index (χ0) is 13.4. The minimum Gasteiger partial charge on any atom is -0.389 e. The second-order valence-electron chi connectivity index (χ2n) is 5.97. The van der Waals surface area contributed by atoms with E-state index in [2.05, 4.69) is 4.90 Å². The van der Waals surface area contributed by atoms with Gasteiger partial charge in [-0.2, -0.15) is 0 Å². The summed E-state index contributed by atoms with van der Waals surface area (Å²) in [6.45, 7) is 2.75. The summed E-state index contributed by atoms with van der Waals surface area (Å²) in [4.78, 5) is 2.42. The van der Waals surface area contributed by atoms with Crippen LogP contribution < -0.4 is 4.90 Å². The molecule has 19 heavy (non-hydrogen) atoms. The molecular weight excluding hydrogens is 241 g/mol. The molecular formula is C16H22FNO. The van der Waals surface area contributed by atoms with Crippen molar-refractivity contribution in [3.63, 3.8) is 0 Å². The van der Waals surface area contributed by atoms with Gasteiger partial charge in [-0.25, -0.2) is 4.39 Å². The van der Waals surface area contributed by atoms with Crippen LogP contribution in [0.5, 0.6) is 0 Å². The number of rotatable bonds is 2. The number of benzene rings is 1. The molecule has 1 saturated carbocycles. The molecule has 0 aromatic heterocycles. The molecule has 1 N–H and O–H groups in total. The summed E-state index contributed by atoms with van der Waals surface area (Å²) in [6, 6.07) is 5.44. The van der Waals surface area contributed by atoms with Crippen LogP contribution in [0.2, 0.25) is 0 Å². The van der Waals surface area contributed by atoms with Gasteiger partial charge in [0.05, 0.1) is 6.10 Å². The molecule has 3 heteroatoms. The van der Waals surface area contributed by atoms with Crippen molar-refractivity contribution in [2.24, 2.45) is 5.92 Å². The van der Waals surface area contributed by atoms with Gasteiger partial charge in [-0.3, -0.25) is 0 Å². The molecule has 2 fully saturated rings. The molecule has 1 aromatic carbocycles. The van der Waals surface area contributed by atoms with Crippen LogP contribution >= 0.6 is 0 Å². The molecule has 1 heterocycles. The Labute approximate surface area is 114 Å². The largest absolute Gasteiger partial charge is 0.389 e. The van der Waals surface area contributed by atoms with Gasteiger partial charge in [-0.15, -0.1) is 0 Å². The van der Waals surface area contributed by atoms with Crippen LogP contribution in [0.4, 0.5) is 10.1 Å². The average Bonchev–Trinajstić information content (AvgIpc) is 2.86. The highest BCUT2D eigenvalue weighted by Gasteiger charge is 2.36. The van der Waals surface area contributed by atoms with Crippen molar-refractivity contribution < 1.29 is 9.50 Å². The van der Waals surface area contributed by atoms with Crippen LogP contribution in [-0.2, 0) is 0 Å². The first kappa shape index (κ1) is 12.9. The van der Waals surface area contributed by atoms with E-state index in [1.165, 1.54) is 44.2 Å². The fraction of sp³-hybridized carbons (Fsp3) is 0.625. The molecule has 0 radical (unpaired) electrons. The first-order valence-corrected chi connectivity index (χ1v) is 7.41. The highest BCUT2D eigenvalue weighted by molar-refractivity contribution is 5.56. The Hall–Kier alpha value is -1.09. The number of aliphatic hydroxyl groups is 1. The lowest BCUT2D eigenvalue weighted by Gasteiger charge is -2.40. The quantitative estimate of drug-likeness (QED) is 0.880. The predicted octanol–water partition coefficient (Wildman–Crippen LogP) is 3.65. The van der Waals surface area contributed by atoms with E-state index in [0.29, 0.717) is 6.04 Å². The van der Waals surface area contributed by atoms with Crippen molar-refractivity contribution in [2.45, 2.75) is 51.2 Å². The number of nitrogens with zero attached hydrogens (tertiary/aromatic N) is 1. The molecule has 3 unspecified atom stereocenters. The number of anilines is 1. The fourth-order valence-corrected chi connectivity index (χ4v) is 3.87. The van der Waals surface area contributed by atoms with E-state index in [1.807, 2.05) is 6.07 Å². The van der Waals surface area contributed by atoms with Crippen molar-refractivity contribution >= 4 is 5.69 Å². The minimum atomic E-state index is -0.618. The lowest BCUT2D eigenvalue weighted by molar-refractivity contribution is 0.198. The standard InChI is InChI=1S/C16H22FNO/c1-11(19)14-10-13(17)7-8-16(14)18-9-3-5-12-4-2-6-15(12)18/h7-8,10-12,15,19H,2-6,9H2,1H3. The third-order valence-electron chi connectivity index (χ3n) is 4.74. The Morgan fingerprint density at radius 2 is 2.05 bits per heavy atom. The molecule has 2 nitrogen and oxygen atoms in total. The maximum atomic E-state index is 13.4. The second kappa shape index (κ2) is 5.12. The summed E-state index contributed by atoms with van der Waals surface area (Å²) in [7, 11) is 0. The molecule has 3 atom stereocenters. The Morgan fingerprint density at radius 3 is 2.84 bits per heavy atom. The van der Waals surface area contributed by atoms with Crippen LogP contribution in [0, 0.1) is 11.7 Å². The highest BCUT2D eigenvalue weighted by atomic mass is 19.1. The van der Waals surface area contributed by atoms with E-state index in [-0.39, 0.29) is 5.82 Å². The number of piperidine rings is 1. The summed E-state index contributed by atoms with van der Waals surface area (Å²) in [6.07, 6.45) is 5.78. The van der Waals surface area contributed by atoms with Gasteiger partial charge in [0.15, 0.2) is 0 Å². The third-order valence-corrected chi connectivity index (χ3v) is 4.74. The van der Waals surface area contributed by atoms with Crippen molar-refractivity contribution in [3.05, 3.63) is 29.6 Å². The maximum absolute atomic E-state index is 13.4. The molecule has 0 spiro atoms. The average molecular weight is 263 g/mol. The summed E-state index contributed by atoms with van der Waals surface area (Å²) < 4.78 is 13.4. The maximum Gasteiger partial charge on any atom is 0.123 e. The number of aliphatic hydroxyl groups excluding tert-OH is 1. The van der Waals surface area contributed by atoms with Crippen LogP contribution in [0.1, 0.15) is 50.7 Å². The fourth-order valence-electron chi connectivity index (χ4n) is 3.87. The Morgan fingerprint density at radius 1 is 1.26 bits per heavy atom. The second-order valence-corrected chi connectivity index (χ2v) is 5.97. The zero-order valence-corrected chi connectivity index (χ0v) is 11.5. The van der Waals surface area contributed by atoms with E-state index >= 15 is 0 Å². The SMILES string of the molecule is CC(O)c1cc(F)ccc1N1CCCC2CCCC21. The molecule has 104 valence electrons. The van der Waals surface area contributed by atoms with E-state index in [0.717, 1.165) is 23.7 Å². The Bertz CT molecular complexity index is 460. The highest BCUT2D eigenvalue weighted by Crippen LogP contribution is 2.41. The van der Waals surface area contributed by atoms with Crippen LogP contribution in [-0.4, -0.2) is 17.7 Å².